The highest BCUT2D eigenvalue weighted by Crippen LogP contribution is 1.93. The Morgan fingerprint density at radius 3 is 2.43 bits per heavy atom. The minimum absolute atomic E-state index is 0.657. The van der Waals surface area contributed by atoms with Gasteiger partial charge in [-0.05, 0) is 12.3 Å². The van der Waals surface area contributed by atoms with Crippen molar-refractivity contribution in [3.8, 4) is 0 Å². The van der Waals surface area contributed by atoms with E-state index in [1.165, 1.54) is 6.42 Å². The Morgan fingerprint density at radius 2 is 2.29 bits per heavy atom. The van der Waals surface area contributed by atoms with Gasteiger partial charge in [0, 0.05) is 13.3 Å². The van der Waals surface area contributed by atoms with E-state index < -0.39 is 0 Å². The number of nitrogens with zero attached hydrogens (tertiary/aromatic N) is 1. The quantitative estimate of drug-likeness (QED) is 0.467. The van der Waals surface area contributed by atoms with Crippen LogP contribution in [0.1, 0.15) is 20.3 Å². The van der Waals surface area contributed by atoms with E-state index in [0.29, 0.717) is 5.92 Å². The first-order chi connectivity index (χ1) is 3.31. The van der Waals surface area contributed by atoms with Gasteiger partial charge in [0.2, 0.25) is 0 Å². The summed E-state index contributed by atoms with van der Waals surface area (Å²) in [7, 11) is 1.81. The lowest BCUT2D eigenvalue weighted by Gasteiger charge is -1.94. The van der Waals surface area contributed by atoms with Crippen molar-refractivity contribution in [3.05, 3.63) is 0 Å². The zero-order valence-electron chi connectivity index (χ0n) is 5.31. The Bertz CT molecular complexity index is 57.2. The second kappa shape index (κ2) is 3.85. The molecule has 0 N–H and O–H groups in total. The maximum atomic E-state index is 3.88. The predicted octanol–water partition coefficient (Wildman–Crippen LogP) is 1.73. The summed E-state index contributed by atoms with van der Waals surface area (Å²) in [6.45, 7) is 4.32. The first-order valence-electron chi connectivity index (χ1n) is 2.73. The second-order valence-electron chi connectivity index (χ2n) is 1.79. The van der Waals surface area contributed by atoms with Crippen LogP contribution < -0.4 is 0 Å². The number of hydrogen-bond donors (Lipinski definition) is 0. The van der Waals surface area contributed by atoms with Gasteiger partial charge < -0.3 is 4.99 Å². The molecule has 0 aromatic heterocycles. The molecule has 0 saturated carbocycles. The van der Waals surface area contributed by atoms with Gasteiger partial charge in [0.1, 0.15) is 0 Å². The molecule has 0 radical (unpaired) electrons. The maximum absolute atomic E-state index is 3.88. The first kappa shape index (κ1) is 6.67. The van der Waals surface area contributed by atoms with Crippen molar-refractivity contribution in [2.24, 2.45) is 10.9 Å². The van der Waals surface area contributed by atoms with Gasteiger partial charge in [0.15, 0.2) is 0 Å². The summed E-state index contributed by atoms with van der Waals surface area (Å²) in [5, 5.41) is 0. The van der Waals surface area contributed by atoms with Crippen LogP contribution in [0.5, 0.6) is 0 Å². The Kier molecular flexibility index (Phi) is 3.67. The average molecular weight is 99.2 g/mol. The monoisotopic (exact) mass is 99.1 g/mol. The molecule has 0 aromatic rings. The zero-order chi connectivity index (χ0) is 5.70. The van der Waals surface area contributed by atoms with E-state index in [1.54, 1.807) is 0 Å². The van der Waals surface area contributed by atoms with Gasteiger partial charge in [0.25, 0.3) is 0 Å². The normalized spacial score (nSPS) is 15.3. The lowest BCUT2D eigenvalue weighted by molar-refractivity contribution is 0.753. The number of rotatable bonds is 2. The van der Waals surface area contributed by atoms with Crippen LogP contribution in [0, 0.1) is 5.92 Å². The lowest BCUT2D eigenvalue weighted by atomic mass is 10.1. The molecule has 0 aliphatic carbocycles. The molecule has 7 heavy (non-hydrogen) atoms. The Balaban J connectivity index is 3.16. The molecule has 1 nitrogen and oxygen atoms in total. The molecule has 1 heteroatoms. The fraction of sp³-hybridized carbons (Fsp3) is 0.833. The van der Waals surface area contributed by atoms with Crippen LogP contribution in [0.2, 0.25) is 0 Å². The fourth-order valence-electron chi connectivity index (χ4n) is 0.360. The minimum Gasteiger partial charge on any atom is -0.301 e. The van der Waals surface area contributed by atoms with Crippen LogP contribution in [-0.2, 0) is 0 Å². The Hall–Kier alpha value is -0.330. The summed E-state index contributed by atoms with van der Waals surface area (Å²) in [6, 6.07) is 0. The topological polar surface area (TPSA) is 12.4 Å². The molecule has 1 atom stereocenters. The van der Waals surface area contributed by atoms with Gasteiger partial charge in [-0.25, -0.2) is 0 Å². The molecule has 0 rings (SSSR count). The molecule has 1 unspecified atom stereocenters. The summed E-state index contributed by atoms with van der Waals surface area (Å²) in [5.74, 6) is 0.657. The fourth-order valence-corrected chi connectivity index (χ4v) is 0.360. The van der Waals surface area contributed by atoms with Crippen molar-refractivity contribution >= 4 is 6.21 Å². The average Bonchev–Trinajstić information content (AvgIpc) is 1.68. The molecule has 0 fully saturated rings. The van der Waals surface area contributed by atoms with Crippen molar-refractivity contribution in [2.45, 2.75) is 20.3 Å². The Labute approximate surface area is 45.5 Å². The standard InChI is InChI=1S/C6H13N/c1-4-6(2)5-7-3/h5-6H,4H2,1-3H3/b7-5+. The van der Waals surface area contributed by atoms with Crippen LogP contribution >= 0.6 is 0 Å². The van der Waals surface area contributed by atoms with E-state index in [9.17, 15) is 0 Å². The summed E-state index contributed by atoms with van der Waals surface area (Å²) >= 11 is 0. The minimum atomic E-state index is 0.657. The second-order valence-corrected chi connectivity index (χ2v) is 1.79. The van der Waals surface area contributed by atoms with Crippen LogP contribution in [0.4, 0.5) is 0 Å². The smallest absolute Gasteiger partial charge is 0.0273 e. The first-order valence-corrected chi connectivity index (χ1v) is 2.73. The largest absolute Gasteiger partial charge is 0.301 e. The van der Waals surface area contributed by atoms with Gasteiger partial charge in [-0.15, -0.1) is 0 Å². The zero-order valence-corrected chi connectivity index (χ0v) is 5.31. The highest BCUT2D eigenvalue weighted by molar-refractivity contribution is 5.59. The Morgan fingerprint density at radius 1 is 1.71 bits per heavy atom. The summed E-state index contributed by atoms with van der Waals surface area (Å²) in [5.41, 5.74) is 0. The van der Waals surface area contributed by atoms with E-state index in [1.807, 2.05) is 13.3 Å². The van der Waals surface area contributed by atoms with Gasteiger partial charge in [0.05, 0.1) is 0 Å². The molecule has 0 spiro atoms. The number of hydrogen-bond acceptors (Lipinski definition) is 1. The van der Waals surface area contributed by atoms with Crippen LogP contribution in [0.25, 0.3) is 0 Å². The van der Waals surface area contributed by atoms with Crippen LogP contribution in [-0.4, -0.2) is 13.3 Å². The van der Waals surface area contributed by atoms with Gasteiger partial charge in [-0.2, -0.15) is 0 Å². The third kappa shape index (κ3) is 3.50. The van der Waals surface area contributed by atoms with Crippen molar-refractivity contribution in [1.82, 2.24) is 0 Å². The molecule has 0 aliphatic rings. The van der Waals surface area contributed by atoms with Crippen molar-refractivity contribution in [2.75, 3.05) is 7.05 Å². The summed E-state index contributed by atoms with van der Waals surface area (Å²) in [6.07, 6.45) is 3.16. The highest BCUT2D eigenvalue weighted by atomic mass is 14.6. The highest BCUT2D eigenvalue weighted by Gasteiger charge is 1.87. The molecular weight excluding hydrogens is 86.1 g/mol. The third-order valence-electron chi connectivity index (χ3n) is 1.05. The van der Waals surface area contributed by atoms with E-state index in [4.69, 9.17) is 0 Å². The molecule has 0 bridgehead atoms. The number of aliphatic imine (C=N–C) groups is 1. The van der Waals surface area contributed by atoms with Crippen LogP contribution in [0.3, 0.4) is 0 Å². The van der Waals surface area contributed by atoms with Gasteiger partial charge in [-0.3, -0.25) is 0 Å². The van der Waals surface area contributed by atoms with Gasteiger partial charge in [-0.1, -0.05) is 13.8 Å². The van der Waals surface area contributed by atoms with E-state index in [-0.39, 0.29) is 0 Å². The molecule has 0 aliphatic heterocycles. The summed E-state index contributed by atoms with van der Waals surface area (Å²) < 4.78 is 0. The van der Waals surface area contributed by atoms with Crippen molar-refractivity contribution in [1.29, 1.82) is 0 Å². The molecule has 0 saturated heterocycles. The predicted molar refractivity (Wildman–Crippen MR) is 33.9 cm³/mol. The van der Waals surface area contributed by atoms with Crippen LogP contribution in [0.15, 0.2) is 4.99 Å². The SMILES string of the molecule is CCC(C)/C=N/C. The molecular formula is C6H13N. The van der Waals surface area contributed by atoms with E-state index in [2.05, 4.69) is 18.8 Å². The summed E-state index contributed by atoms with van der Waals surface area (Å²) in [4.78, 5) is 3.88. The molecule has 0 amide bonds. The third-order valence-corrected chi connectivity index (χ3v) is 1.05. The van der Waals surface area contributed by atoms with E-state index in [0.717, 1.165) is 0 Å². The van der Waals surface area contributed by atoms with Crippen molar-refractivity contribution < 1.29 is 0 Å². The lowest BCUT2D eigenvalue weighted by Crippen LogP contribution is -1.90. The van der Waals surface area contributed by atoms with E-state index >= 15 is 0 Å². The maximum Gasteiger partial charge on any atom is 0.0273 e. The molecule has 0 heterocycles. The van der Waals surface area contributed by atoms with Gasteiger partial charge >= 0.3 is 0 Å². The molecule has 42 valence electrons. The van der Waals surface area contributed by atoms with Crippen molar-refractivity contribution in [3.63, 3.8) is 0 Å². The molecule has 0 aromatic carbocycles.